The Morgan fingerprint density at radius 1 is 1.18 bits per heavy atom. The number of aromatic nitrogens is 3. The summed E-state index contributed by atoms with van der Waals surface area (Å²) >= 11 is 1.38. The molecule has 2 heterocycles. The number of ketones is 1. The van der Waals surface area contributed by atoms with Crippen molar-refractivity contribution in [2.75, 3.05) is 11.9 Å². The van der Waals surface area contributed by atoms with Crippen LogP contribution >= 0.6 is 11.8 Å². The lowest BCUT2D eigenvalue weighted by Gasteiger charge is -2.19. The molecule has 0 radical (unpaired) electrons. The van der Waals surface area contributed by atoms with Crippen molar-refractivity contribution >= 4 is 29.1 Å². The normalized spacial score (nSPS) is 14.3. The molecular formula is C25H28N4O3S. The van der Waals surface area contributed by atoms with E-state index in [1.54, 1.807) is 18.2 Å². The Kier molecular flexibility index (Phi) is 6.30. The number of carbonyl (C=O) groups excluding carboxylic acids is 2. The summed E-state index contributed by atoms with van der Waals surface area (Å²) in [6.07, 6.45) is 0. The molecule has 172 valence electrons. The second kappa shape index (κ2) is 9.02. The van der Waals surface area contributed by atoms with Gasteiger partial charge in [0.1, 0.15) is 5.75 Å². The Hall–Kier alpha value is -3.13. The van der Waals surface area contributed by atoms with Crippen LogP contribution in [0.2, 0.25) is 0 Å². The van der Waals surface area contributed by atoms with Gasteiger partial charge in [-0.3, -0.25) is 9.59 Å². The van der Waals surface area contributed by atoms with Gasteiger partial charge in [-0.2, -0.15) is 0 Å². The van der Waals surface area contributed by atoms with Crippen molar-refractivity contribution in [3.05, 3.63) is 53.6 Å². The standard InChI is InChI=1S/C25H28N4O3S/c1-6-29-23(16-7-10-18(11-8-16)25(3,4)5)27-28-24(29)33-15(2)22(31)17-9-12-20-19(13-17)26-21(30)14-32-20/h7-13,15H,6,14H2,1-5H3,(H,26,30). The molecule has 0 bridgehead atoms. The lowest BCUT2D eigenvalue weighted by molar-refractivity contribution is -0.118. The number of rotatable bonds is 6. The average Bonchev–Trinajstić information content (AvgIpc) is 3.19. The lowest BCUT2D eigenvalue weighted by Crippen LogP contribution is -2.25. The summed E-state index contributed by atoms with van der Waals surface area (Å²) in [4.78, 5) is 24.7. The SMILES string of the molecule is CCn1c(SC(C)C(=O)c2ccc3c(c2)NC(=O)CO3)nnc1-c1ccc(C(C)(C)C)cc1. The van der Waals surface area contributed by atoms with E-state index in [9.17, 15) is 9.59 Å². The van der Waals surface area contributed by atoms with Crippen LogP contribution in [0.3, 0.4) is 0 Å². The monoisotopic (exact) mass is 464 g/mol. The number of benzene rings is 2. The third-order valence-electron chi connectivity index (χ3n) is 5.59. The van der Waals surface area contributed by atoms with E-state index in [-0.39, 0.29) is 29.0 Å². The number of ether oxygens (including phenoxy) is 1. The summed E-state index contributed by atoms with van der Waals surface area (Å²) in [6, 6.07) is 13.5. The van der Waals surface area contributed by atoms with Gasteiger partial charge in [0.05, 0.1) is 10.9 Å². The third kappa shape index (κ3) is 4.80. The number of hydrogen-bond acceptors (Lipinski definition) is 6. The van der Waals surface area contributed by atoms with E-state index in [4.69, 9.17) is 4.74 Å². The van der Waals surface area contributed by atoms with E-state index in [0.29, 0.717) is 28.7 Å². The molecular weight excluding hydrogens is 436 g/mol. The predicted octanol–water partition coefficient (Wildman–Crippen LogP) is 4.96. The van der Waals surface area contributed by atoms with Crippen molar-refractivity contribution in [1.29, 1.82) is 0 Å². The molecule has 4 rings (SSSR count). The minimum Gasteiger partial charge on any atom is -0.482 e. The molecule has 33 heavy (non-hydrogen) atoms. The second-order valence-corrected chi connectivity index (χ2v) is 10.4. The minimum atomic E-state index is -0.381. The van der Waals surface area contributed by atoms with E-state index in [0.717, 1.165) is 11.4 Å². The maximum absolute atomic E-state index is 13.1. The molecule has 1 atom stereocenters. The Morgan fingerprint density at radius 2 is 1.91 bits per heavy atom. The van der Waals surface area contributed by atoms with Crippen LogP contribution in [-0.4, -0.2) is 38.3 Å². The van der Waals surface area contributed by atoms with E-state index >= 15 is 0 Å². The van der Waals surface area contributed by atoms with Crippen LogP contribution < -0.4 is 10.1 Å². The molecule has 0 saturated carbocycles. The van der Waals surface area contributed by atoms with Crippen molar-refractivity contribution in [3.8, 4) is 17.1 Å². The van der Waals surface area contributed by atoms with E-state index in [2.05, 4.69) is 60.6 Å². The summed E-state index contributed by atoms with van der Waals surface area (Å²) in [5, 5.41) is 11.9. The van der Waals surface area contributed by atoms with Gasteiger partial charge in [-0.25, -0.2) is 0 Å². The smallest absolute Gasteiger partial charge is 0.262 e. The van der Waals surface area contributed by atoms with Gasteiger partial charge in [0.15, 0.2) is 23.4 Å². The summed E-state index contributed by atoms with van der Waals surface area (Å²) in [5.41, 5.74) is 3.37. The highest BCUT2D eigenvalue weighted by molar-refractivity contribution is 8.00. The van der Waals surface area contributed by atoms with Crippen LogP contribution in [0.4, 0.5) is 5.69 Å². The number of nitrogens with one attached hydrogen (secondary N) is 1. The Morgan fingerprint density at radius 3 is 2.58 bits per heavy atom. The zero-order valence-electron chi connectivity index (χ0n) is 19.5. The zero-order chi connectivity index (χ0) is 23.8. The predicted molar refractivity (Wildman–Crippen MR) is 130 cm³/mol. The summed E-state index contributed by atoms with van der Waals surface area (Å²) in [6.45, 7) is 11.1. The average molecular weight is 465 g/mol. The first-order valence-electron chi connectivity index (χ1n) is 11.0. The third-order valence-corrected chi connectivity index (χ3v) is 6.67. The Labute approximate surface area is 197 Å². The van der Waals surface area contributed by atoms with Gasteiger partial charge in [-0.15, -0.1) is 10.2 Å². The molecule has 0 saturated heterocycles. The summed E-state index contributed by atoms with van der Waals surface area (Å²) in [7, 11) is 0. The first kappa shape index (κ1) is 23.0. The first-order chi connectivity index (χ1) is 15.7. The van der Waals surface area contributed by atoms with E-state index in [1.165, 1.54) is 17.3 Å². The first-order valence-corrected chi connectivity index (χ1v) is 11.9. The number of anilines is 1. The fourth-order valence-corrected chi connectivity index (χ4v) is 4.67. The highest BCUT2D eigenvalue weighted by Crippen LogP contribution is 2.32. The molecule has 1 unspecified atom stereocenters. The maximum Gasteiger partial charge on any atom is 0.262 e. The number of amides is 1. The molecule has 2 aromatic carbocycles. The maximum atomic E-state index is 13.1. The molecule has 7 nitrogen and oxygen atoms in total. The number of hydrogen-bond donors (Lipinski definition) is 1. The largest absolute Gasteiger partial charge is 0.482 e. The van der Waals surface area contributed by atoms with Gasteiger partial charge >= 0.3 is 0 Å². The van der Waals surface area contributed by atoms with Gasteiger partial charge in [0, 0.05) is 17.7 Å². The van der Waals surface area contributed by atoms with Crippen molar-refractivity contribution in [2.24, 2.45) is 0 Å². The van der Waals surface area contributed by atoms with E-state index in [1.807, 2.05) is 18.4 Å². The molecule has 1 amide bonds. The Bertz CT molecular complexity index is 1200. The second-order valence-electron chi connectivity index (χ2n) is 9.05. The summed E-state index contributed by atoms with van der Waals surface area (Å²) < 4.78 is 7.41. The number of nitrogens with zero attached hydrogens (tertiary/aromatic N) is 3. The van der Waals surface area contributed by atoms with E-state index < -0.39 is 0 Å². The highest BCUT2D eigenvalue weighted by Gasteiger charge is 2.24. The van der Waals surface area contributed by atoms with Crippen LogP contribution in [-0.2, 0) is 16.8 Å². The molecule has 3 aromatic rings. The molecule has 1 aliphatic rings. The number of fused-ring (bicyclic) bond motifs is 1. The zero-order valence-corrected chi connectivity index (χ0v) is 20.3. The lowest BCUT2D eigenvalue weighted by atomic mass is 9.87. The molecule has 0 aliphatic carbocycles. The number of carbonyl (C=O) groups is 2. The van der Waals surface area contributed by atoms with Gasteiger partial charge in [-0.05, 0) is 43.0 Å². The van der Waals surface area contributed by atoms with Crippen molar-refractivity contribution in [3.63, 3.8) is 0 Å². The van der Waals surface area contributed by atoms with Gasteiger partial charge < -0.3 is 14.6 Å². The molecule has 0 spiro atoms. The summed E-state index contributed by atoms with van der Waals surface area (Å²) in [5.74, 6) is 1.08. The Balaban J connectivity index is 1.53. The molecule has 0 fully saturated rings. The van der Waals surface area contributed by atoms with Crippen molar-refractivity contribution in [2.45, 2.75) is 57.0 Å². The fourth-order valence-electron chi connectivity index (χ4n) is 3.68. The van der Waals surface area contributed by atoms with Gasteiger partial charge in [0.25, 0.3) is 5.91 Å². The molecule has 1 aromatic heterocycles. The topological polar surface area (TPSA) is 86.1 Å². The van der Waals surface area contributed by atoms with Crippen molar-refractivity contribution < 1.29 is 14.3 Å². The molecule has 1 aliphatic heterocycles. The van der Waals surface area contributed by atoms with Crippen LogP contribution in [0.15, 0.2) is 47.6 Å². The molecule has 8 heteroatoms. The van der Waals surface area contributed by atoms with Crippen LogP contribution in [0.25, 0.3) is 11.4 Å². The van der Waals surface area contributed by atoms with Gasteiger partial charge in [0.2, 0.25) is 0 Å². The van der Waals surface area contributed by atoms with Gasteiger partial charge in [-0.1, -0.05) is 56.8 Å². The number of Topliss-reactive ketones (excluding diaryl/α,β-unsaturated/α-hetero) is 1. The van der Waals surface area contributed by atoms with Crippen molar-refractivity contribution in [1.82, 2.24) is 14.8 Å². The minimum absolute atomic E-state index is 0.0134. The van der Waals surface area contributed by atoms with Crippen LogP contribution in [0.5, 0.6) is 5.75 Å². The number of thioether (sulfide) groups is 1. The fraction of sp³-hybridized carbons (Fsp3) is 0.360. The van der Waals surface area contributed by atoms with Crippen LogP contribution in [0.1, 0.15) is 50.5 Å². The molecule has 1 N–H and O–H groups in total. The quantitative estimate of drug-likeness (QED) is 0.410. The van der Waals surface area contributed by atoms with Crippen LogP contribution in [0, 0.1) is 0 Å². The highest BCUT2D eigenvalue weighted by atomic mass is 32.2.